The molecule has 1 heterocycles. The number of aryl methyl sites for hydroxylation is 2. The van der Waals surface area contributed by atoms with Crippen molar-refractivity contribution < 1.29 is 9.59 Å². The summed E-state index contributed by atoms with van der Waals surface area (Å²) < 4.78 is 1.15. The molecular weight excluding hydrogens is 356 g/mol. The monoisotopic (exact) mass is 378 g/mol. The third-order valence-corrected chi connectivity index (χ3v) is 4.34. The number of fused-ring (bicyclic) bond motifs is 1. The molecule has 0 saturated heterocycles. The quantitative estimate of drug-likeness (QED) is 0.730. The van der Waals surface area contributed by atoms with E-state index in [9.17, 15) is 14.4 Å². The van der Waals surface area contributed by atoms with Crippen LogP contribution in [0.3, 0.4) is 0 Å². The SMILES string of the molecule is Cc1ccc(C(=O)NC(C)C)cc1NC(=O)c1nn(C)c(=O)c2ccccc12. The lowest BCUT2D eigenvalue weighted by Gasteiger charge is -2.13. The summed E-state index contributed by atoms with van der Waals surface area (Å²) >= 11 is 0. The van der Waals surface area contributed by atoms with Crippen LogP contribution in [0.5, 0.6) is 0 Å². The van der Waals surface area contributed by atoms with Crippen molar-refractivity contribution in [3.63, 3.8) is 0 Å². The zero-order valence-corrected chi connectivity index (χ0v) is 16.2. The van der Waals surface area contributed by atoms with Crippen LogP contribution in [0.2, 0.25) is 0 Å². The molecule has 0 spiro atoms. The van der Waals surface area contributed by atoms with E-state index >= 15 is 0 Å². The van der Waals surface area contributed by atoms with Crippen LogP contribution in [0.15, 0.2) is 47.3 Å². The average molecular weight is 378 g/mol. The molecule has 144 valence electrons. The van der Waals surface area contributed by atoms with Gasteiger partial charge in [-0.2, -0.15) is 5.10 Å². The van der Waals surface area contributed by atoms with Gasteiger partial charge in [-0.3, -0.25) is 14.4 Å². The molecule has 3 rings (SSSR count). The van der Waals surface area contributed by atoms with E-state index in [4.69, 9.17) is 0 Å². The van der Waals surface area contributed by atoms with Gasteiger partial charge in [0, 0.05) is 29.7 Å². The summed E-state index contributed by atoms with van der Waals surface area (Å²) in [6.45, 7) is 5.60. The summed E-state index contributed by atoms with van der Waals surface area (Å²) in [7, 11) is 1.51. The van der Waals surface area contributed by atoms with E-state index in [1.54, 1.807) is 42.5 Å². The van der Waals surface area contributed by atoms with Crippen LogP contribution in [-0.4, -0.2) is 27.6 Å². The second kappa shape index (κ2) is 7.64. The number of anilines is 1. The minimum absolute atomic E-state index is 0.00742. The van der Waals surface area contributed by atoms with Crippen LogP contribution in [0.4, 0.5) is 5.69 Å². The van der Waals surface area contributed by atoms with E-state index in [0.717, 1.165) is 10.2 Å². The third-order valence-electron chi connectivity index (χ3n) is 4.34. The lowest BCUT2D eigenvalue weighted by atomic mass is 10.1. The summed E-state index contributed by atoms with van der Waals surface area (Å²) in [4.78, 5) is 37.4. The number of hydrogen-bond acceptors (Lipinski definition) is 4. The molecule has 0 radical (unpaired) electrons. The van der Waals surface area contributed by atoms with E-state index < -0.39 is 5.91 Å². The van der Waals surface area contributed by atoms with Crippen LogP contribution in [0, 0.1) is 6.92 Å². The number of carbonyl (C=O) groups excluding carboxylic acids is 2. The average Bonchev–Trinajstić information content (AvgIpc) is 2.65. The molecule has 0 saturated carbocycles. The first-order valence-corrected chi connectivity index (χ1v) is 8.97. The number of amides is 2. The van der Waals surface area contributed by atoms with Crippen LogP contribution < -0.4 is 16.2 Å². The smallest absolute Gasteiger partial charge is 0.276 e. The summed E-state index contributed by atoms with van der Waals surface area (Å²) in [5.41, 5.74) is 1.66. The highest BCUT2D eigenvalue weighted by Crippen LogP contribution is 2.20. The van der Waals surface area contributed by atoms with Crippen molar-refractivity contribution in [1.29, 1.82) is 0 Å². The maximum Gasteiger partial charge on any atom is 0.276 e. The van der Waals surface area contributed by atoms with Gasteiger partial charge in [-0.15, -0.1) is 0 Å². The van der Waals surface area contributed by atoms with Gasteiger partial charge in [0.25, 0.3) is 17.4 Å². The van der Waals surface area contributed by atoms with Gasteiger partial charge >= 0.3 is 0 Å². The minimum Gasteiger partial charge on any atom is -0.350 e. The Morgan fingerprint density at radius 1 is 1.04 bits per heavy atom. The number of rotatable bonds is 4. The van der Waals surface area contributed by atoms with Gasteiger partial charge in [0.05, 0.1) is 5.39 Å². The maximum absolute atomic E-state index is 12.9. The van der Waals surface area contributed by atoms with Crippen LogP contribution >= 0.6 is 0 Å². The van der Waals surface area contributed by atoms with Gasteiger partial charge in [0.1, 0.15) is 0 Å². The number of aromatic nitrogens is 2. The zero-order valence-electron chi connectivity index (χ0n) is 16.2. The number of nitrogens with zero attached hydrogens (tertiary/aromatic N) is 2. The second-order valence-corrected chi connectivity index (χ2v) is 6.93. The minimum atomic E-state index is -0.448. The number of benzene rings is 2. The number of hydrogen-bond donors (Lipinski definition) is 2. The molecule has 0 atom stereocenters. The van der Waals surface area contributed by atoms with Gasteiger partial charge in [-0.1, -0.05) is 24.3 Å². The Hall–Kier alpha value is -3.48. The fourth-order valence-corrected chi connectivity index (χ4v) is 2.89. The van der Waals surface area contributed by atoms with E-state index in [2.05, 4.69) is 15.7 Å². The Morgan fingerprint density at radius 2 is 1.71 bits per heavy atom. The Kier molecular flexibility index (Phi) is 5.26. The molecule has 1 aromatic heterocycles. The van der Waals surface area contributed by atoms with Gasteiger partial charge in [0.2, 0.25) is 0 Å². The molecule has 0 aliphatic heterocycles. The molecule has 7 nitrogen and oxygen atoms in total. The van der Waals surface area contributed by atoms with E-state index in [0.29, 0.717) is 22.0 Å². The van der Waals surface area contributed by atoms with Gasteiger partial charge in [0.15, 0.2) is 5.69 Å². The molecule has 2 amide bonds. The molecule has 2 aromatic carbocycles. The predicted molar refractivity (Wildman–Crippen MR) is 109 cm³/mol. The lowest BCUT2D eigenvalue weighted by molar-refractivity contribution is 0.0941. The molecule has 2 N–H and O–H groups in total. The lowest BCUT2D eigenvalue weighted by Crippen LogP contribution is -2.30. The standard InChI is InChI=1S/C21H22N4O3/c1-12(2)22-19(26)14-10-9-13(3)17(11-14)23-20(27)18-15-7-5-6-8-16(15)21(28)25(4)24-18/h5-12H,1-4H3,(H,22,26)(H,23,27). The molecule has 7 heteroatoms. The van der Waals surface area contributed by atoms with Crippen LogP contribution in [-0.2, 0) is 7.05 Å². The highest BCUT2D eigenvalue weighted by Gasteiger charge is 2.17. The van der Waals surface area contributed by atoms with Crippen molar-refractivity contribution in [2.75, 3.05) is 5.32 Å². The second-order valence-electron chi connectivity index (χ2n) is 6.93. The Morgan fingerprint density at radius 3 is 2.39 bits per heavy atom. The van der Waals surface area contributed by atoms with Gasteiger partial charge in [-0.25, -0.2) is 4.68 Å². The fourth-order valence-electron chi connectivity index (χ4n) is 2.89. The number of nitrogens with one attached hydrogen (secondary N) is 2. The van der Waals surface area contributed by atoms with Gasteiger partial charge < -0.3 is 10.6 Å². The summed E-state index contributed by atoms with van der Waals surface area (Å²) in [6, 6.07) is 12.0. The summed E-state index contributed by atoms with van der Waals surface area (Å²) in [6.07, 6.45) is 0. The first-order valence-electron chi connectivity index (χ1n) is 8.97. The van der Waals surface area contributed by atoms with Crippen molar-refractivity contribution in [1.82, 2.24) is 15.1 Å². The number of carbonyl (C=O) groups is 2. The largest absolute Gasteiger partial charge is 0.350 e. The highest BCUT2D eigenvalue weighted by molar-refractivity contribution is 6.11. The molecular formula is C21H22N4O3. The molecule has 0 unspecified atom stereocenters. The fraction of sp³-hybridized carbons (Fsp3) is 0.238. The Labute approximate surface area is 162 Å². The van der Waals surface area contributed by atoms with E-state index in [1.165, 1.54) is 7.05 Å². The van der Waals surface area contributed by atoms with E-state index in [1.807, 2.05) is 20.8 Å². The molecule has 0 bridgehead atoms. The van der Waals surface area contributed by atoms with Crippen LogP contribution in [0.1, 0.15) is 40.3 Å². The van der Waals surface area contributed by atoms with Crippen molar-refractivity contribution in [2.24, 2.45) is 7.05 Å². The Bertz CT molecular complexity index is 1130. The molecule has 0 aliphatic rings. The maximum atomic E-state index is 12.9. The zero-order chi connectivity index (χ0) is 20.4. The first-order chi connectivity index (χ1) is 13.3. The third kappa shape index (κ3) is 3.78. The van der Waals surface area contributed by atoms with Crippen molar-refractivity contribution >= 4 is 28.3 Å². The topological polar surface area (TPSA) is 93.1 Å². The van der Waals surface area contributed by atoms with Crippen molar-refractivity contribution in [2.45, 2.75) is 26.8 Å². The first kappa shape index (κ1) is 19.3. The molecule has 28 heavy (non-hydrogen) atoms. The summed E-state index contributed by atoms with van der Waals surface area (Å²) in [5.74, 6) is -0.660. The molecule has 0 aliphatic carbocycles. The summed E-state index contributed by atoms with van der Waals surface area (Å²) in [5, 5.41) is 10.7. The predicted octanol–water partition coefficient (Wildman–Crippen LogP) is 2.63. The van der Waals surface area contributed by atoms with Crippen molar-refractivity contribution in [3.8, 4) is 0 Å². The van der Waals surface area contributed by atoms with Crippen LogP contribution in [0.25, 0.3) is 10.8 Å². The normalized spacial score (nSPS) is 10.9. The molecule has 3 aromatic rings. The molecule has 0 fully saturated rings. The van der Waals surface area contributed by atoms with Crippen molar-refractivity contribution in [3.05, 3.63) is 69.6 Å². The highest BCUT2D eigenvalue weighted by atomic mass is 16.2. The Balaban J connectivity index is 1.98. The van der Waals surface area contributed by atoms with E-state index in [-0.39, 0.29) is 23.2 Å². The van der Waals surface area contributed by atoms with Gasteiger partial charge in [-0.05, 0) is 44.5 Å².